The first kappa shape index (κ1) is 22.4. The van der Waals surface area contributed by atoms with Crippen molar-refractivity contribution < 1.29 is 0 Å². The van der Waals surface area contributed by atoms with Gasteiger partial charge in [-0.2, -0.15) is 5.10 Å². The molecule has 1 N–H and O–H groups in total. The number of H-pyrrole nitrogens is 1. The van der Waals surface area contributed by atoms with E-state index in [0.717, 1.165) is 56.6 Å². The highest BCUT2D eigenvalue weighted by molar-refractivity contribution is 5.85. The number of nitrogens with one attached hydrogen (secondary N) is 1. The van der Waals surface area contributed by atoms with Gasteiger partial charge in [0, 0.05) is 44.7 Å². The first-order valence-corrected chi connectivity index (χ1v) is 9.32. The Kier molecular flexibility index (Phi) is 10.0. The van der Waals surface area contributed by atoms with Gasteiger partial charge in [-0.1, -0.05) is 13.3 Å². The normalized spacial score (nSPS) is 18.1. The van der Waals surface area contributed by atoms with Gasteiger partial charge in [0.2, 0.25) is 0 Å². The lowest BCUT2D eigenvalue weighted by atomic mass is 9.91. The summed E-state index contributed by atoms with van der Waals surface area (Å²) >= 11 is 0. The lowest BCUT2D eigenvalue weighted by Crippen LogP contribution is -2.47. The number of halogens is 2. The van der Waals surface area contributed by atoms with E-state index >= 15 is 0 Å². The van der Waals surface area contributed by atoms with Crippen LogP contribution in [0.4, 0.5) is 0 Å². The largest absolute Gasteiger partial charge is 0.301 e. The van der Waals surface area contributed by atoms with Gasteiger partial charge < -0.3 is 9.80 Å². The zero-order chi connectivity index (χ0) is 16.1. The standard InChI is InChI=1S/C18H30N4O.2ClH/c1-2-3-9-21-11-13-22(14-12-21)10-8-17-15-6-4-5-7-16(15)18(23)20-19-17;;/h2-14H2,1H3,(H,20,23);2*1H. The van der Waals surface area contributed by atoms with Crippen molar-refractivity contribution in [1.82, 2.24) is 20.0 Å². The minimum absolute atomic E-state index is 0. The summed E-state index contributed by atoms with van der Waals surface area (Å²) in [6, 6.07) is 0. The molecule has 0 bridgehead atoms. The maximum Gasteiger partial charge on any atom is 0.267 e. The Morgan fingerprint density at radius 2 is 1.56 bits per heavy atom. The Labute approximate surface area is 163 Å². The van der Waals surface area contributed by atoms with Crippen molar-refractivity contribution in [2.24, 2.45) is 0 Å². The fraction of sp³-hybridized carbons (Fsp3) is 0.778. The number of hydrogen-bond acceptors (Lipinski definition) is 4. The first-order chi connectivity index (χ1) is 11.3. The van der Waals surface area contributed by atoms with E-state index in [1.54, 1.807) is 0 Å². The van der Waals surface area contributed by atoms with Gasteiger partial charge in [0.15, 0.2) is 0 Å². The quantitative estimate of drug-likeness (QED) is 0.810. The molecule has 1 fully saturated rings. The molecule has 1 saturated heterocycles. The average molecular weight is 391 g/mol. The van der Waals surface area contributed by atoms with Crippen LogP contribution in [0.25, 0.3) is 0 Å². The first-order valence-electron chi connectivity index (χ1n) is 9.32. The molecule has 2 aliphatic rings. The second kappa shape index (κ2) is 11.2. The highest BCUT2D eigenvalue weighted by Crippen LogP contribution is 2.20. The number of aromatic amines is 1. The number of aromatic nitrogens is 2. The fourth-order valence-electron chi connectivity index (χ4n) is 3.82. The summed E-state index contributed by atoms with van der Waals surface area (Å²) in [6.07, 6.45) is 7.86. The summed E-state index contributed by atoms with van der Waals surface area (Å²) in [4.78, 5) is 17.0. The van der Waals surface area contributed by atoms with E-state index in [1.165, 1.54) is 44.5 Å². The summed E-state index contributed by atoms with van der Waals surface area (Å²) in [7, 11) is 0. The predicted octanol–water partition coefficient (Wildman–Crippen LogP) is 2.45. The lowest BCUT2D eigenvalue weighted by Gasteiger charge is -2.34. The van der Waals surface area contributed by atoms with E-state index in [9.17, 15) is 4.79 Å². The molecule has 1 aromatic rings. The number of fused-ring (bicyclic) bond motifs is 1. The molecule has 25 heavy (non-hydrogen) atoms. The molecule has 0 spiro atoms. The molecule has 1 aliphatic heterocycles. The molecule has 3 rings (SSSR count). The topological polar surface area (TPSA) is 52.2 Å². The Balaban J connectivity index is 0.00000156. The van der Waals surface area contributed by atoms with E-state index in [4.69, 9.17) is 0 Å². The summed E-state index contributed by atoms with van der Waals surface area (Å²) in [5.41, 5.74) is 3.42. The van der Waals surface area contributed by atoms with E-state index in [0.29, 0.717) is 0 Å². The van der Waals surface area contributed by atoms with Crippen molar-refractivity contribution in [3.8, 4) is 0 Å². The van der Waals surface area contributed by atoms with Crippen molar-refractivity contribution in [2.45, 2.75) is 51.9 Å². The minimum Gasteiger partial charge on any atom is -0.301 e. The molecule has 7 heteroatoms. The van der Waals surface area contributed by atoms with Gasteiger partial charge in [0.25, 0.3) is 5.56 Å². The molecular formula is C18H32Cl2N4O. The fourth-order valence-corrected chi connectivity index (χ4v) is 3.82. The highest BCUT2D eigenvalue weighted by Gasteiger charge is 2.20. The second-order valence-corrected chi connectivity index (χ2v) is 6.95. The molecular weight excluding hydrogens is 359 g/mol. The molecule has 0 unspecified atom stereocenters. The maximum absolute atomic E-state index is 11.9. The van der Waals surface area contributed by atoms with Crippen LogP contribution in [-0.2, 0) is 19.3 Å². The van der Waals surface area contributed by atoms with Gasteiger partial charge in [-0.05, 0) is 44.2 Å². The van der Waals surface area contributed by atoms with Gasteiger partial charge in [0.1, 0.15) is 0 Å². The Hall–Kier alpha value is -0.620. The molecule has 5 nitrogen and oxygen atoms in total. The van der Waals surface area contributed by atoms with Crippen LogP contribution in [0.15, 0.2) is 4.79 Å². The predicted molar refractivity (Wildman–Crippen MR) is 107 cm³/mol. The van der Waals surface area contributed by atoms with Crippen LogP contribution in [0.2, 0.25) is 0 Å². The van der Waals surface area contributed by atoms with Crippen molar-refractivity contribution >= 4 is 24.8 Å². The second-order valence-electron chi connectivity index (χ2n) is 6.95. The van der Waals surface area contributed by atoms with Gasteiger partial charge in [-0.3, -0.25) is 4.79 Å². The molecule has 0 radical (unpaired) electrons. The van der Waals surface area contributed by atoms with E-state index < -0.39 is 0 Å². The monoisotopic (exact) mass is 390 g/mol. The number of rotatable bonds is 6. The lowest BCUT2D eigenvalue weighted by molar-refractivity contribution is 0.132. The van der Waals surface area contributed by atoms with Crippen LogP contribution in [0.5, 0.6) is 0 Å². The van der Waals surface area contributed by atoms with Crippen LogP contribution in [0.1, 0.15) is 49.4 Å². The molecule has 0 atom stereocenters. The summed E-state index contributed by atoms with van der Waals surface area (Å²) < 4.78 is 0. The Morgan fingerprint density at radius 3 is 2.20 bits per heavy atom. The molecule has 0 saturated carbocycles. The SMILES string of the molecule is CCCCN1CCN(CCc2n[nH]c(=O)c3c2CCCC3)CC1.Cl.Cl. The van der Waals surface area contributed by atoms with Crippen molar-refractivity contribution in [2.75, 3.05) is 39.3 Å². The maximum atomic E-state index is 11.9. The van der Waals surface area contributed by atoms with E-state index in [1.807, 2.05) is 0 Å². The molecule has 1 aromatic heterocycles. The third kappa shape index (κ3) is 5.95. The van der Waals surface area contributed by atoms with Crippen molar-refractivity contribution in [3.05, 3.63) is 27.2 Å². The molecule has 1 aliphatic carbocycles. The van der Waals surface area contributed by atoms with Crippen LogP contribution < -0.4 is 5.56 Å². The van der Waals surface area contributed by atoms with Crippen LogP contribution in [0, 0.1) is 0 Å². The van der Waals surface area contributed by atoms with Gasteiger partial charge in [-0.15, -0.1) is 24.8 Å². The number of piperazine rings is 1. The Bertz CT molecular complexity index is 571. The van der Waals surface area contributed by atoms with Crippen LogP contribution in [-0.4, -0.2) is 59.3 Å². The van der Waals surface area contributed by atoms with Crippen LogP contribution in [0.3, 0.4) is 0 Å². The average Bonchev–Trinajstić information content (AvgIpc) is 2.60. The van der Waals surface area contributed by atoms with Crippen LogP contribution >= 0.6 is 24.8 Å². The van der Waals surface area contributed by atoms with Crippen molar-refractivity contribution in [1.29, 1.82) is 0 Å². The van der Waals surface area contributed by atoms with E-state index in [-0.39, 0.29) is 30.4 Å². The summed E-state index contributed by atoms with van der Waals surface area (Å²) in [5, 5.41) is 7.07. The Morgan fingerprint density at radius 1 is 0.960 bits per heavy atom. The van der Waals surface area contributed by atoms with Gasteiger partial charge in [0.05, 0.1) is 5.69 Å². The zero-order valence-electron chi connectivity index (χ0n) is 15.3. The van der Waals surface area contributed by atoms with Gasteiger partial charge in [-0.25, -0.2) is 5.10 Å². The molecule has 144 valence electrons. The number of unbranched alkanes of at least 4 members (excludes halogenated alkanes) is 1. The van der Waals surface area contributed by atoms with Gasteiger partial charge >= 0.3 is 0 Å². The van der Waals surface area contributed by atoms with Crippen molar-refractivity contribution in [3.63, 3.8) is 0 Å². The summed E-state index contributed by atoms with van der Waals surface area (Å²) in [5.74, 6) is 0. The number of hydrogen-bond donors (Lipinski definition) is 1. The highest BCUT2D eigenvalue weighted by atomic mass is 35.5. The third-order valence-electron chi connectivity index (χ3n) is 5.34. The zero-order valence-corrected chi connectivity index (χ0v) is 16.9. The number of nitrogens with zero attached hydrogens (tertiary/aromatic N) is 3. The smallest absolute Gasteiger partial charge is 0.267 e. The summed E-state index contributed by atoms with van der Waals surface area (Å²) in [6.45, 7) is 9.28. The van der Waals surface area contributed by atoms with E-state index in [2.05, 4.69) is 26.9 Å². The third-order valence-corrected chi connectivity index (χ3v) is 5.34. The molecule has 2 heterocycles. The molecule has 0 amide bonds. The minimum atomic E-state index is 0. The molecule has 0 aromatic carbocycles.